The van der Waals surface area contributed by atoms with Gasteiger partial charge in [0, 0.05) is 15.4 Å². The van der Waals surface area contributed by atoms with Crippen LogP contribution in [0.1, 0.15) is 38.3 Å². The molecule has 2 aromatic rings. The van der Waals surface area contributed by atoms with E-state index in [0.717, 1.165) is 32.8 Å². The monoisotopic (exact) mass is 491 g/mol. The van der Waals surface area contributed by atoms with Gasteiger partial charge in [-0.2, -0.15) is 0 Å². The van der Waals surface area contributed by atoms with E-state index in [0.29, 0.717) is 24.5 Å². The zero-order chi connectivity index (χ0) is 21.3. The maximum Gasteiger partial charge on any atom is 0.326 e. The van der Waals surface area contributed by atoms with E-state index in [2.05, 4.69) is 33.2 Å². The number of rotatable bonds is 5. The minimum absolute atomic E-state index is 0.00432. The van der Waals surface area contributed by atoms with Crippen LogP contribution in [0.25, 0.3) is 10.6 Å². The number of imide groups is 1. The van der Waals surface area contributed by atoms with Gasteiger partial charge >= 0.3 is 12.0 Å². The van der Waals surface area contributed by atoms with Crippen molar-refractivity contribution in [2.45, 2.75) is 44.8 Å². The number of amides is 3. The highest BCUT2D eigenvalue weighted by Gasteiger charge is 2.52. The van der Waals surface area contributed by atoms with E-state index in [9.17, 15) is 14.4 Å². The molecule has 9 heteroatoms. The summed E-state index contributed by atoms with van der Waals surface area (Å²) in [5, 5.41) is 5.46. The Morgan fingerprint density at radius 2 is 2.13 bits per heavy atom. The van der Waals surface area contributed by atoms with E-state index >= 15 is 0 Å². The van der Waals surface area contributed by atoms with Crippen molar-refractivity contribution in [1.82, 2.24) is 15.2 Å². The van der Waals surface area contributed by atoms with Crippen LogP contribution >= 0.6 is 27.3 Å². The molecule has 158 valence electrons. The average molecular weight is 492 g/mol. The predicted octanol–water partition coefficient (Wildman–Crippen LogP) is 4.12. The van der Waals surface area contributed by atoms with Gasteiger partial charge in [0.2, 0.25) is 0 Å². The number of carbonyl (C=O) groups is 3. The highest BCUT2D eigenvalue weighted by molar-refractivity contribution is 9.10. The van der Waals surface area contributed by atoms with Crippen LogP contribution in [0.15, 0.2) is 34.1 Å². The number of carbonyl (C=O) groups excluding carboxylic acids is 3. The predicted molar refractivity (Wildman–Crippen MR) is 116 cm³/mol. The molecule has 0 bridgehead atoms. The summed E-state index contributed by atoms with van der Waals surface area (Å²) in [5.41, 5.74) is 0.745. The van der Waals surface area contributed by atoms with E-state index < -0.39 is 17.5 Å². The third-order valence-corrected chi connectivity index (χ3v) is 7.10. The summed E-state index contributed by atoms with van der Waals surface area (Å²) in [5.74, 6) is -0.405. The van der Waals surface area contributed by atoms with Gasteiger partial charge in [-0.25, -0.2) is 9.78 Å². The van der Waals surface area contributed by atoms with Gasteiger partial charge in [-0.05, 0) is 43.7 Å². The Kier molecular flexibility index (Phi) is 5.92. The summed E-state index contributed by atoms with van der Waals surface area (Å²) in [6, 6.07) is 7.27. The summed E-state index contributed by atoms with van der Waals surface area (Å²) in [6.45, 7) is 1.75. The van der Waals surface area contributed by atoms with Gasteiger partial charge < -0.3 is 10.1 Å². The summed E-state index contributed by atoms with van der Waals surface area (Å²) in [6.07, 6.45) is 2.99. The van der Waals surface area contributed by atoms with Crippen molar-refractivity contribution in [3.8, 4) is 10.6 Å². The Labute approximate surface area is 186 Å². The standard InChI is InChI=1S/C21H22BrN3O4S/c1-13-5-7-21(8-6-13)19(27)25(20(28)24-21)10-17(26)29-11-16-12-30-18(23-16)14-3-2-4-15(22)9-14/h2-4,9,12-13H,5-8,10-11H2,1H3,(H,24,28). The number of hydrogen-bond acceptors (Lipinski definition) is 6. The molecule has 30 heavy (non-hydrogen) atoms. The second kappa shape index (κ2) is 8.47. The Bertz CT molecular complexity index is 984. The number of nitrogens with zero attached hydrogens (tertiary/aromatic N) is 2. The highest BCUT2D eigenvalue weighted by Crippen LogP contribution is 2.36. The van der Waals surface area contributed by atoms with Crippen molar-refractivity contribution in [3.05, 3.63) is 39.8 Å². The minimum Gasteiger partial charge on any atom is -0.458 e. The van der Waals surface area contributed by atoms with Gasteiger partial charge in [0.1, 0.15) is 23.7 Å². The zero-order valence-electron chi connectivity index (χ0n) is 16.5. The molecular weight excluding hydrogens is 470 g/mol. The lowest BCUT2D eigenvalue weighted by Gasteiger charge is -2.33. The molecule has 4 rings (SSSR count). The molecule has 0 radical (unpaired) electrons. The molecule has 1 aromatic heterocycles. The molecule has 7 nitrogen and oxygen atoms in total. The van der Waals surface area contributed by atoms with Gasteiger partial charge in [-0.1, -0.05) is 35.0 Å². The molecule has 0 atom stereocenters. The molecule has 2 heterocycles. The van der Waals surface area contributed by atoms with Gasteiger partial charge in [0.05, 0.1) is 5.69 Å². The van der Waals surface area contributed by atoms with E-state index in [1.807, 2.05) is 29.6 Å². The molecular formula is C21H22BrN3O4S. The number of esters is 1. The molecule has 1 N–H and O–H groups in total. The fraction of sp³-hybridized carbons (Fsp3) is 0.429. The number of hydrogen-bond donors (Lipinski definition) is 1. The lowest BCUT2D eigenvalue weighted by Crippen LogP contribution is -2.49. The van der Waals surface area contributed by atoms with Crippen LogP contribution < -0.4 is 5.32 Å². The lowest BCUT2D eigenvalue weighted by atomic mass is 9.77. The first-order valence-electron chi connectivity index (χ1n) is 9.86. The normalized spacial score (nSPS) is 23.7. The first kappa shape index (κ1) is 21.0. The summed E-state index contributed by atoms with van der Waals surface area (Å²) >= 11 is 4.90. The molecule has 2 aliphatic rings. The fourth-order valence-corrected chi connectivity index (χ4v) is 5.07. The van der Waals surface area contributed by atoms with Crippen molar-refractivity contribution in [3.63, 3.8) is 0 Å². The molecule has 1 saturated carbocycles. The summed E-state index contributed by atoms with van der Waals surface area (Å²) in [7, 11) is 0. The van der Waals surface area contributed by atoms with Crippen LogP contribution in [0.2, 0.25) is 0 Å². The van der Waals surface area contributed by atoms with Crippen molar-refractivity contribution in [1.29, 1.82) is 0 Å². The van der Waals surface area contributed by atoms with Gasteiger partial charge in [-0.3, -0.25) is 14.5 Å². The number of halogens is 1. The van der Waals surface area contributed by atoms with Crippen LogP contribution in [0.3, 0.4) is 0 Å². The number of urea groups is 1. The van der Waals surface area contributed by atoms with E-state index in [4.69, 9.17) is 4.74 Å². The summed E-state index contributed by atoms with van der Waals surface area (Å²) in [4.78, 5) is 42.9. The largest absolute Gasteiger partial charge is 0.458 e. The number of ether oxygens (including phenoxy) is 1. The Hall–Kier alpha value is -2.26. The minimum atomic E-state index is -0.850. The van der Waals surface area contributed by atoms with Gasteiger partial charge in [-0.15, -0.1) is 11.3 Å². The molecule has 1 saturated heterocycles. The van der Waals surface area contributed by atoms with E-state index in [-0.39, 0.29) is 19.1 Å². The highest BCUT2D eigenvalue weighted by atomic mass is 79.9. The van der Waals surface area contributed by atoms with Crippen LogP contribution in [-0.4, -0.2) is 39.9 Å². The number of aromatic nitrogens is 1. The van der Waals surface area contributed by atoms with E-state index in [1.165, 1.54) is 11.3 Å². The molecule has 1 aliphatic heterocycles. The quantitative estimate of drug-likeness (QED) is 0.501. The smallest absolute Gasteiger partial charge is 0.326 e. The zero-order valence-corrected chi connectivity index (χ0v) is 18.9. The Balaban J connectivity index is 1.33. The molecule has 3 amide bonds. The number of thiazole rings is 1. The van der Waals surface area contributed by atoms with Crippen molar-refractivity contribution >= 4 is 45.2 Å². The van der Waals surface area contributed by atoms with Crippen molar-refractivity contribution in [2.24, 2.45) is 5.92 Å². The van der Waals surface area contributed by atoms with Crippen LogP contribution in [0, 0.1) is 5.92 Å². The maximum absolute atomic E-state index is 12.8. The molecule has 1 aromatic carbocycles. The van der Waals surface area contributed by atoms with Crippen LogP contribution in [0.4, 0.5) is 4.79 Å². The van der Waals surface area contributed by atoms with Crippen LogP contribution in [0.5, 0.6) is 0 Å². The molecule has 2 fully saturated rings. The first-order valence-corrected chi connectivity index (χ1v) is 11.5. The molecule has 0 unspecified atom stereocenters. The average Bonchev–Trinajstić information content (AvgIpc) is 3.28. The maximum atomic E-state index is 12.8. The number of benzene rings is 1. The van der Waals surface area contributed by atoms with Crippen molar-refractivity contribution in [2.75, 3.05) is 6.54 Å². The SMILES string of the molecule is CC1CCC2(CC1)NC(=O)N(CC(=O)OCc1csc(-c3cccc(Br)c3)n1)C2=O. The van der Waals surface area contributed by atoms with Crippen molar-refractivity contribution < 1.29 is 19.1 Å². The third kappa shape index (κ3) is 4.27. The van der Waals surface area contributed by atoms with E-state index in [1.54, 1.807) is 0 Å². The van der Waals surface area contributed by atoms with Gasteiger partial charge in [0.15, 0.2) is 0 Å². The first-order chi connectivity index (χ1) is 14.4. The van der Waals surface area contributed by atoms with Gasteiger partial charge in [0.25, 0.3) is 5.91 Å². The molecule has 1 aliphatic carbocycles. The second-order valence-corrected chi connectivity index (χ2v) is 9.67. The topological polar surface area (TPSA) is 88.6 Å². The Morgan fingerprint density at radius 3 is 2.87 bits per heavy atom. The third-order valence-electron chi connectivity index (χ3n) is 5.67. The van der Waals surface area contributed by atoms with Crippen LogP contribution in [-0.2, 0) is 20.9 Å². The Morgan fingerprint density at radius 1 is 1.37 bits per heavy atom. The fourth-order valence-electron chi connectivity index (χ4n) is 3.87. The summed E-state index contributed by atoms with van der Waals surface area (Å²) < 4.78 is 6.23. The molecule has 1 spiro atoms. The second-order valence-electron chi connectivity index (χ2n) is 7.90. The number of nitrogens with one attached hydrogen (secondary N) is 1. The lowest BCUT2D eigenvalue weighted by molar-refractivity contribution is -0.149.